The maximum Gasteiger partial charge on any atom is 0.179 e. The highest BCUT2D eigenvalue weighted by molar-refractivity contribution is 7.91. The Morgan fingerprint density at radius 1 is 1.05 bits per heavy atom. The Hall–Kier alpha value is -0.920. The molecule has 5 nitrogen and oxygen atoms in total. The average Bonchev–Trinajstić information content (AvgIpc) is 2.35. The number of nitrogens with one attached hydrogen (secondary N) is 1. The van der Waals surface area contributed by atoms with Gasteiger partial charge in [-0.2, -0.15) is 0 Å². The van der Waals surface area contributed by atoms with Crippen molar-refractivity contribution < 1.29 is 16.8 Å². The van der Waals surface area contributed by atoms with Gasteiger partial charge in [0.25, 0.3) is 0 Å². The summed E-state index contributed by atoms with van der Waals surface area (Å²) < 4.78 is 46.9. The van der Waals surface area contributed by atoms with Crippen LogP contribution in [0.15, 0.2) is 34.1 Å². The molecule has 0 fully saturated rings. The van der Waals surface area contributed by atoms with Crippen molar-refractivity contribution in [2.24, 2.45) is 0 Å². The maximum absolute atomic E-state index is 12.1. The number of hydrogen-bond acceptors (Lipinski definition) is 5. The molecule has 19 heavy (non-hydrogen) atoms. The monoisotopic (exact) mass is 305 g/mol. The van der Waals surface area contributed by atoms with Crippen LogP contribution in [0.3, 0.4) is 0 Å². The van der Waals surface area contributed by atoms with Gasteiger partial charge in [0.2, 0.25) is 0 Å². The SMILES string of the molecule is CCC(CS(=O)(=O)c1ccc(S(C)(=O)=O)cc1)NC. The second kappa shape index (κ2) is 6.02. The number of benzene rings is 1. The molecule has 0 radical (unpaired) electrons. The molecule has 0 aliphatic carbocycles. The minimum atomic E-state index is -3.40. The lowest BCUT2D eigenvalue weighted by Gasteiger charge is -2.14. The standard InChI is InChI=1S/C12H19NO4S2/c1-4-10(13-2)9-19(16,17)12-7-5-11(6-8-12)18(3,14)15/h5-8,10,13H,4,9H2,1-3H3. The first-order valence-corrected chi connectivity index (χ1v) is 9.45. The number of hydrogen-bond donors (Lipinski definition) is 1. The van der Waals surface area contributed by atoms with Gasteiger partial charge in [-0.15, -0.1) is 0 Å². The Kier molecular flexibility index (Phi) is 5.11. The maximum atomic E-state index is 12.1. The first-order valence-electron chi connectivity index (χ1n) is 5.91. The molecule has 0 heterocycles. The van der Waals surface area contributed by atoms with E-state index in [0.29, 0.717) is 6.42 Å². The molecule has 0 amide bonds. The molecule has 0 aromatic heterocycles. The van der Waals surface area contributed by atoms with E-state index in [-0.39, 0.29) is 21.6 Å². The largest absolute Gasteiger partial charge is 0.316 e. The lowest BCUT2D eigenvalue weighted by atomic mass is 10.3. The average molecular weight is 305 g/mol. The number of sulfone groups is 2. The molecule has 0 aliphatic heterocycles. The Bertz CT molecular complexity index is 614. The van der Waals surface area contributed by atoms with Crippen molar-refractivity contribution in [3.05, 3.63) is 24.3 Å². The molecule has 0 saturated heterocycles. The quantitative estimate of drug-likeness (QED) is 0.843. The highest BCUT2D eigenvalue weighted by atomic mass is 32.2. The fraction of sp³-hybridized carbons (Fsp3) is 0.500. The summed E-state index contributed by atoms with van der Waals surface area (Å²) in [7, 11) is -4.99. The predicted molar refractivity (Wildman–Crippen MR) is 74.7 cm³/mol. The van der Waals surface area contributed by atoms with Crippen molar-refractivity contribution in [1.29, 1.82) is 0 Å². The molecular weight excluding hydrogens is 286 g/mol. The van der Waals surface area contributed by atoms with E-state index in [1.807, 2.05) is 6.92 Å². The van der Waals surface area contributed by atoms with Gasteiger partial charge in [-0.3, -0.25) is 0 Å². The summed E-state index contributed by atoms with van der Waals surface area (Å²) in [5, 5.41) is 2.94. The summed E-state index contributed by atoms with van der Waals surface area (Å²) >= 11 is 0. The lowest BCUT2D eigenvalue weighted by molar-refractivity contribution is 0.555. The van der Waals surface area contributed by atoms with Crippen LogP contribution >= 0.6 is 0 Å². The van der Waals surface area contributed by atoms with Crippen molar-refractivity contribution in [2.45, 2.75) is 29.2 Å². The summed E-state index contributed by atoms with van der Waals surface area (Å²) in [5.74, 6) is -0.00176. The zero-order valence-corrected chi connectivity index (χ0v) is 12.9. The van der Waals surface area contributed by atoms with E-state index < -0.39 is 19.7 Å². The van der Waals surface area contributed by atoms with E-state index in [2.05, 4.69) is 5.32 Å². The van der Waals surface area contributed by atoms with Crippen LogP contribution < -0.4 is 5.32 Å². The van der Waals surface area contributed by atoms with Gasteiger partial charge in [-0.05, 0) is 37.7 Å². The van der Waals surface area contributed by atoms with Crippen molar-refractivity contribution in [3.8, 4) is 0 Å². The third-order valence-corrected chi connectivity index (χ3v) is 5.89. The van der Waals surface area contributed by atoms with Crippen molar-refractivity contribution in [1.82, 2.24) is 5.32 Å². The minimum absolute atomic E-state index is 0.00176. The van der Waals surface area contributed by atoms with E-state index in [4.69, 9.17) is 0 Å². The van der Waals surface area contributed by atoms with Gasteiger partial charge >= 0.3 is 0 Å². The molecule has 0 aliphatic rings. The molecule has 0 spiro atoms. The summed E-state index contributed by atoms with van der Waals surface area (Å²) in [6.07, 6.45) is 1.79. The molecule has 1 aromatic carbocycles. The topological polar surface area (TPSA) is 80.3 Å². The van der Waals surface area contributed by atoms with Crippen LogP contribution in [0.5, 0.6) is 0 Å². The molecule has 7 heteroatoms. The van der Waals surface area contributed by atoms with Gasteiger partial charge in [-0.25, -0.2) is 16.8 Å². The molecule has 108 valence electrons. The van der Waals surface area contributed by atoms with Crippen molar-refractivity contribution in [2.75, 3.05) is 19.1 Å². The van der Waals surface area contributed by atoms with Crippen LogP contribution in [0, 0.1) is 0 Å². The second-order valence-electron chi connectivity index (χ2n) is 4.42. The Balaban J connectivity index is 3.04. The normalized spacial score (nSPS) is 14.3. The van der Waals surface area contributed by atoms with Crippen LogP contribution in [0.2, 0.25) is 0 Å². The van der Waals surface area contributed by atoms with E-state index in [9.17, 15) is 16.8 Å². The van der Waals surface area contributed by atoms with E-state index in [1.165, 1.54) is 24.3 Å². The minimum Gasteiger partial charge on any atom is -0.316 e. The molecular formula is C12H19NO4S2. The summed E-state index contributed by atoms with van der Waals surface area (Å²) in [5.41, 5.74) is 0. The summed E-state index contributed by atoms with van der Waals surface area (Å²) in [6, 6.07) is 5.22. The van der Waals surface area contributed by atoms with Gasteiger partial charge in [0, 0.05) is 12.3 Å². The summed E-state index contributed by atoms with van der Waals surface area (Å²) in [6.45, 7) is 1.91. The first kappa shape index (κ1) is 16.1. The lowest BCUT2D eigenvalue weighted by Crippen LogP contribution is -2.32. The summed E-state index contributed by atoms with van der Waals surface area (Å²) in [4.78, 5) is 0.265. The van der Waals surface area contributed by atoms with Crippen LogP contribution in [-0.2, 0) is 19.7 Å². The van der Waals surface area contributed by atoms with Crippen LogP contribution in [0.1, 0.15) is 13.3 Å². The molecule has 1 aromatic rings. The van der Waals surface area contributed by atoms with Gasteiger partial charge in [0.1, 0.15) is 0 Å². The van der Waals surface area contributed by atoms with E-state index in [1.54, 1.807) is 7.05 Å². The zero-order chi connectivity index (χ0) is 14.7. The van der Waals surface area contributed by atoms with E-state index >= 15 is 0 Å². The highest BCUT2D eigenvalue weighted by Crippen LogP contribution is 2.16. The number of rotatable bonds is 6. The smallest absolute Gasteiger partial charge is 0.179 e. The van der Waals surface area contributed by atoms with Crippen LogP contribution in [-0.4, -0.2) is 41.9 Å². The van der Waals surface area contributed by atoms with Crippen molar-refractivity contribution >= 4 is 19.7 Å². The molecule has 1 atom stereocenters. The molecule has 1 N–H and O–H groups in total. The van der Waals surface area contributed by atoms with Crippen LogP contribution in [0.25, 0.3) is 0 Å². The fourth-order valence-corrected chi connectivity index (χ4v) is 3.97. The Morgan fingerprint density at radius 2 is 1.53 bits per heavy atom. The molecule has 1 rings (SSSR count). The van der Waals surface area contributed by atoms with Gasteiger partial charge in [-0.1, -0.05) is 6.92 Å². The predicted octanol–water partition coefficient (Wildman–Crippen LogP) is 0.862. The van der Waals surface area contributed by atoms with Gasteiger partial charge in [0.05, 0.1) is 15.5 Å². The highest BCUT2D eigenvalue weighted by Gasteiger charge is 2.19. The van der Waals surface area contributed by atoms with E-state index in [0.717, 1.165) is 6.26 Å². The molecule has 0 bridgehead atoms. The Labute approximate surface area is 114 Å². The van der Waals surface area contributed by atoms with Crippen molar-refractivity contribution in [3.63, 3.8) is 0 Å². The third kappa shape index (κ3) is 4.29. The van der Waals surface area contributed by atoms with Crippen LogP contribution in [0.4, 0.5) is 0 Å². The fourth-order valence-electron chi connectivity index (χ4n) is 1.66. The zero-order valence-electron chi connectivity index (χ0n) is 11.3. The van der Waals surface area contributed by atoms with Gasteiger partial charge in [0.15, 0.2) is 19.7 Å². The second-order valence-corrected chi connectivity index (χ2v) is 8.47. The Morgan fingerprint density at radius 3 is 1.89 bits per heavy atom. The third-order valence-electron chi connectivity index (χ3n) is 2.93. The molecule has 1 unspecified atom stereocenters. The molecule has 0 saturated carbocycles. The van der Waals surface area contributed by atoms with Gasteiger partial charge < -0.3 is 5.32 Å². The first-order chi connectivity index (χ1) is 8.70.